The number of nitrogen functional groups attached to an aromatic ring is 1. The average molecular weight is 603 g/mol. The van der Waals surface area contributed by atoms with Gasteiger partial charge in [-0.1, -0.05) is 0 Å². The molecular weight excluding hydrogens is 584 g/mol. The van der Waals surface area contributed by atoms with Crippen LogP contribution in [0.3, 0.4) is 0 Å². The lowest BCUT2D eigenvalue weighted by atomic mass is 10.0. The van der Waals surface area contributed by atoms with Crippen LogP contribution in [0.2, 0.25) is 0 Å². The zero-order valence-electron chi connectivity index (χ0n) is 20.2. The van der Waals surface area contributed by atoms with Crippen LogP contribution in [0.4, 0.5) is 5.13 Å². The van der Waals surface area contributed by atoms with E-state index in [0.29, 0.717) is 23.4 Å². The van der Waals surface area contributed by atoms with E-state index in [-0.39, 0.29) is 39.6 Å². The van der Waals surface area contributed by atoms with Crippen molar-refractivity contribution in [2.24, 2.45) is 0 Å². The van der Waals surface area contributed by atoms with Crippen molar-refractivity contribution in [1.29, 1.82) is 0 Å². The summed E-state index contributed by atoms with van der Waals surface area (Å²) < 4.78 is 1.44. The summed E-state index contributed by atoms with van der Waals surface area (Å²) in [5.41, 5.74) is 7.44. The Morgan fingerprint density at radius 1 is 1.15 bits per heavy atom. The molecule has 0 radical (unpaired) electrons. The number of aromatic nitrogens is 5. The Balaban J connectivity index is 1.21. The summed E-state index contributed by atoms with van der Waals surface area (Å²) in [5, 5.41) is 27.1. The number of carbonyl (C=O) groups excluding carboxylic acids is 3. The molecular formula is C22H18N8O7S3. The van der Waals surface area contributed by atoms with Crippen LogP contribution in [0.5, 0.6) is 0 Å². The van der Waals surface area contributed by atoms with Crippen LogP contribution < -0.4 is 11.1 Å². The van der Waals surface area contributed by atoms with Crippen molar-refractivity contribution in [1.82, 2.24) is 34.8 Å². The summed E-state index contributed by atoms with van der Waals surface area (Å²) in [6.07, 6.45) is 2.22. The summed E-state index contributed by atoms with van der Waals surface area (Å²) in [6.45, 7) is 0. The second-order valence-corrected chi connectivity index (χ2v) is 11.9. The number of aryl methyl sites for hydroxylation is 1. The van der Waals surface area contributed by atoms with Crippen LogP contribution in [0.25, 0.3) is 5.78 Å². The number of nitrogens with zero attached hydrogens (tertiary/aromatic N) is 6. The second-order valence-electron chi connectivity index (χ2n) is 8.96. The van der Waals surface area contributed by atoms with Crippen LogP contribution >= 0.6 is 34.9 Å². The van der Waals surface area contributed by atoms with E-state index in [4.69, 9.17) is 5.73 Å². The zero-order chi connectivity index (χ0) is 28.3. The number of ketones is 1. The van der Waals surface area contributed by atoms with Crippen molar-refractivity contribution in [3.8, 4) is 0 Å². The number of carboxylic acid groups (broad SMARTS) is 2. The van der Waals surface area contributed by atoms with Crippen molar-refractivity contribution in [2.45, 2.75) is 35.7 Å². The number of aromatic carboxylic acids is 1. The molecule has 3 aromatic rings. The van der Waals surface area contributed by atoms with E-state index in [1.807, 2.05) is 0 Å². The molecule has 15 nitrogen and oxygen atoms in total. The van der Waals surface area contributed by atoms with Gasteiger partial charge in [0.25, 0.3) is 29.2 Å². The Hall–Kier alpha value is -4.03. The minimum atomic E-state index is -1.29. The highest BCUT2D eigenvalue weighted by atomic mass is 32.2. The molecule has 206 valence electrons. The fourth-order valence-corrected chi connectivity index (χ4v) is 7.89. The number of nitrogens with two attached hydrogens (primary N) is 1. The highest BCUT2D eigenvalue weighted by Crippen LogP contribution is 2.42. The first-order valence-electron chi connectivity index (χ1n) is 11.7. The minimum absolute atomic E-state index is 0.123. The molecule has 18 heteroatoms. The van der Waals surface area contributed by atoms with Crippen molar-refractivity contribution >= 4 is 75.3 Å². The summed E-state index contributed by atoms with van der Waals surface area (Å²) in [5.74, 6) is -4.88. The molecule has 2 amide bonds. The third-order valence-electron chi connectivity index (χ3n) is 6.57. The first-order chi connectivity index (χ1) is 19.1. The molecule has 2 aliphatic heterocycles. The van der Waals surface area contributed by atoms with Gasteiger partial charge in [-0.2, -0.15) is 4.98 Å². The van der Waals surface area contributed by atoms with E-state index in [1.165, 1.54) is 33.4 Å². The lowest BCUT2D eigenvalue weighted by Gasteiger charge is -2.49. The van der Waals surface area contributed by atoms with Gasteiger partial charge in [0, 0.05) is 22.4 Å². The lowest BCUT2D eigenvalue weighted by molar-refractivity contribution is -0.150. The standard InChI is InChI=1S/C22H18N8O7S3/c23-21-24-9(6-40-21)13(31)15(32)25-11-17(33)29-12(19(34)35)7(5-39-18(11)29)4-38-16-8-2-1-3-10(8)30-22(27-16)26-14(28-30)20(36)37/h6,11,18H,1-5H2,(H2,23,24)(H,25,32)(H,34,35)(H,36,37)/t11-,18-/m1/s1. The van der Waals surface area contributed by atoms with Crippen LogP contribution in [-0.2, 0) is 27.2 Å². The maximum atomic E-state index is 13.0. The number of rotatable bonds is 8. The molecule has 0 unspecified atom stereocenters. The fourth-order valence-electron chi connectivity index (χ4n) is 4.78. The average Bonchev–Trinajstić information content (AvgIpc) is 3.68. The number of thioether (sulfide) groups is 2. The molecule has 1 fully saturated rings. The summed E-state index contributed by atoms with van der Waals surface area (Å²) in [6, 6.07) is -1.07. The molecule has 40 heavy (non-hydrogen) atoms. The van der Waals surface area contributed by atoms with Crippen molar-refractivity contribution in [3.63, 3.8) is 0 Å². The molecule has 5 N–H and O–H groups in total. The maximum absolute atomic E-state index is 13.0. The Morgan fingerprint density at radius 2 is 1.95 bits per heavy atom. The van der Waals surface area contributed by atoms with Gasteiger partial charge in [-0.3, -0.25) is 19.3 Å². The monoisotopic (exact) mass is 602 g/mol. The van der Waals surface area contributed by atoms with E-state index in [1.54, 1.807) is 0 Å². The minimum Gasteiger partial charge on any atom is -0.477 e. The summed E-state index contributed by atoms with van der Waals surface area (Å²) in [4.78, 5) is 74.7. The molecule has 0 spiro atoms. The number of hydrogen-bond acceptors (Lipinski definition) is 13. The number of thiazole rings is 1. The van der Waals surface area contributed by atoms with E-state index in [0.717, 1.165) is 33.9 Å². The van der Waals surface area contributed by atoms with Gasteiger partial charge in [-0.15, -0.1) is 40.0 Å². The van der Waals surface area contributed by atoms with Crippen LogP contribution in [0.1, 0.15) is 38.8 Å². The first kappa shape index (κ1) is 26.2. The van der Waals surface area contributed by atoms with Gasteiger partial charge in [0.15, 0.2) is 5.13 Å². The molecule has 5 heterocycles. The van der Waals surface area contributed by atoms with Gasteiger partial charge >= 0.3 is 11.9 Å². The van der Waals surface area contributed by atoms with Gasteiger partial charge in [0.05, 0.1) is 5.69 Å². The number of fused-ring (bicyclic) bond motifs is 4. The van der Waals surface area contributed by atoms with Gasteiger partial charge in [-0.05, 0) is 24.8 Å². The van der Waals surface area contributed by atoms with Gasteiger partial charge in [0.2, 0.25) is 0 Å². The topological polar surface area (TPSA) is 223 Å². The third kappa shape index (κ3) is 4.27. The number of carbonyl (C=O) groups is 5. The van der Waals surface area contributed by atoms with Gasteiger partial charge in [-0.25, -0.2) is 24.1 Å². The molecule has 1 saturated heterocycles. The van der Waals surface area contributed by atoms with Crippen molar-refractivity contribution in [2.75, 3.05) is 17.2 Å². The molecule has 3 aromatic heterocycles. The molecule has 2 atom stereocenters. The second kappa shape index (κ2) is 9.86. The maximum Gasteiger partial charge on any atom is 0.375 e. The van der Waals surface area contributed by atoms with Crippen molar-refractivity contribution < 1.29 is 34.2 Å². The van der Waals surface area contributed by atoms with Crippen molar-refractivity contribution in [3.05, 3.63) is 39.4 Å². The largest absolute Gasteiger partial charge is 0.477 e. The first-order valence-corrected chi connectivity index (χ1v) is 14.7. The predicted octanol–water partition coefficient (Wildman–Crippen LogP) is 0.0635. The van der Waals surface area contributed by atoms with Gasteiger partial charge in [0.1, 0.15) is 27.8 Å². The number of β-lactam (4-membered cyclic amide) rings is 1. The highest BCUT2D eigenvalue weighted by molar-refractivity contribution is 8.01. The number of nitrogens with one attached hydrogen (secondary N) is 1. The Kier molecular flexibility index (Phi) is 6.46. The number of aliphatic carboxylic acids is 1. The van der Waals surface area contributed by atoms with E-state index in [2.05, 4.69) is 25.4 Å². The van der Waals surface area contributed by atoms with Crippen LogP contribution in [0.15, 0.2) is 21.7 Å². The predicted molar refractivity (Wildman–Crippen MR) is 141 cm³/mol. The quantitative estimate of drug-likeness (QED) is 0.0880. The molecule has 0 saturated carbocycles. The Morgan fingerprint density at radius 3 is 2.65 bits per heavy atom. The molecule has 6 rings (SSSR count). The Bertz CT molecular complexity index is 1680. The third-order valence-corrected chi connectivity index (χ3v) is 9.68. The van der Waals surface area contributed by atoms with Crippen LogP contribution in [0, 0.1) is 0 Å². The molecule has 1 aliphatic carbocycles. The number of amides is 2. The number of anilines is 1. The van der Waals surface area contributed by atoms with E-state index >= 15 is 0 Å². The van der Waals surface area contributed by atoms with E-state index in [9.17, 15) is 34.2 Å². The fraction of sp³-hybridized carbons (Fsp3) is 0.318. The number of carboxylic acids is 2. The number of Topliss-reactive ketones (excluding diaryl/α,β-unsaturated/α-hetero) is 1. The highest BCUT2D eigenvalue weighted by Gasteiger charge is 2.54. The molecule has 3 aliphatic rings. The van der Waals surface area contributed by atoms with E-state index < -0.39 is 41.0 Å². The van der Waals surface area contributed by atoms with Crippen LogP contribution in [-0.4, -0.2) is 92.1 Å². The summed E-state index contributed by atoms with van der Waals surface area (Å²) in [7, 11) is 0. The zero-order valence-corrected chi connectivity index (χ0v) is 22.6. The van der Waals surface area contributed by atoms with Gasteiger partial charge < -0.3 is 21.3 Å². The Labute approximate surface area is 236 Å². The SMILES string of the molecule is Nc1nc(C(=O)C(=O)N[C@@H]2C(=O)N3C(C(=O)O)=C(CSc4nc5nc(C(=O)O)nn5c5c4CCC5)CS[C@H]23)cs1. The molecule has 0 bridgehead atoms. The number of hydrogen-bond donors (Lipinski definition) is 4. The normalized spacial score (nSPS) is 19.8. The molecule has 0 aromatic carbocycles. The summed E-state index contributed by atoms with van der Waals surface area (Å²) >= 11 is 3.56. The smallest absolute Gasteiger partial charge is 0.375 e. The lowest BCUT2D eigenvalue weighted by Crippen LogP contribution is -2.71.